The molecule has 1 aliphatic heterocycles. The van der Waals surface area contributed by atoms with Crippen LogP contribution in [0.15, 0.2) is 41.7 Å². The molecule has 0 bridgehead atoms. The first-order chi connectivity index (χ1) is 14.9. The molecule has 0 atom stereocenters. The van der Waals surface area contributed by atoms with E-state index in [1.54, 1.807) is 31.3 Å². The van der Waals surface area contributed by atoms with Gasteiger partial charge in [-0.3, -0.25) is 4.79 Å². The van der Waals surface area contributed by atoms with E-state index in [1.807, 2.05) is 0 Å². The smallest absolute Gasteiger partial charge is 0.421 e. The number of nitrogens with one attached hydrogen (secondary N) is 1. The van der Waals surface area contributed by atoms with Crippen LogP contribution in [0.3, 0.4) is 0 Å². The standard InChI is InChI=1S/C21H20FN4O4S/c1-21(19(27)28-2)10-29-18(30-11-21)17-25-15(12-4-6-13(22)7-5-12)16(26-17)14-8-9-23-20(24-14)31-3/h4-9,18H,3,10-11H2,1-2H3,(H,25,26)/q+1. The van der Waals surface area contributed by atoms with Gasteiger partial charge in [-0.15, -0.1) is 0 Å². The summed E-state index contributed by atoms with van der Waals surface area (Å²) < 4.78 is 29.8. The molecule has 3 heterocycles. The number of methoxy groups -OCH3 is 1. The minimum absolute atomic E-state index is 0.113. The largest absolute Gasteiger partial charge is 0.468 e. The Balaban J connectivity index is 1.71. The third kappa shape index (κ3) is 4.22. The number of hydrogen-bond donors (Lipinski definition) is 1. The molecule has 10 heteroatoms. The summed E-state index contributed by atoms with van der Waals surface area (Å²) in [5, 5.41) is 0.498. The van der Waals surface area contributed by atoms with E-state index in [0.29, 0.717) is 33.6 Å². The zero-order valence-corrected chi connectivity index (χ0v) is 17.7. The quantitative estimate of drug-likeness (QED) is 0.280. The number of imidazole rings is 1. The number of ether oxygens (including phenoxy) is 3. The minimum Gasteiger partial charge on any atom is -0.468 e. The number of aromatic nitrogens is 4. The number of benzene rings is 1. The van der Waals surface area contributed by atoms with Gasteiger partial charge in [-0.25, -0.2) is 9.37 Å². The van der Waals surface area contributed by atoms with Gasteiger partial charge in [0, 0.05) is 11.8 Å². The summed E-state index contributed by atoms with van der Waals surface area (Å²) in [6.07, 6.45) is 0.814. The molecule has 1 N–H and O–H groups in total. The Morgan fingerprint density at radius 3 is 2.61 bits per heavy atom. The monoisotopic (exact) mass is 443 g/mol. The topological polar surface area (TPSA) is 99.2 Å². The maximum atomic E-state index is 13.5. The highest BCUT2D eigenvalue weighted by atomic mass is 32.1. The van der Waals surface area contributed by atoms with Crippen molar-refractivity contribution in [1.29, 1.82) is 0 Å². The molecular formula is C21H20FN4O4S+. The van der Waals surface area contributed by atoms with Gasteiger partial charge in [0.25, 0.3) is 11.4 Å². The molecule has 0 unspecified atom stereocenters. The molecule has 2 aromatic heterocycles. The van der Waals surface area contributed by atoms with Crippen molar-refractivity contribution in [3.63, 3.8) is 0 Å². The second-order valence-electron chi connectivity index (χ2n) is 7.23. The van der Waals surface area contributed by atoms with Crippen LogP contribution < -0.4 is 0 Å². The van der Waals surface area contributed by atoms with E-state index >= 15 is 0 Å². The van der Waals surface area contributed by atoms with E-state index in [2.05, 4.69) is 25.8 Å². The zero-order chi connectivity index (χ0) is 22.0. The van der Waals surface area contributed by atoms with Gasteiger partial charge in [0.15, 0.2) is 11.7 Å². The molecule has 0 radical (unpaired) electrons. The van der Waals surface area contributed by atoms with Crippen LogP contribution in [0.2, 0.25) is 0 Å². The Morgan fingerprint density at radius 1 is 1.26 bits per heavy atom. The molecule has 1 saturated heterocycles. The van der Waals surface area contributed by atoms with E-state index in [1.165, 1.54) is 30.6 Å². The molecule has 160 valence electrons. The second kappa shape index (κ2) is 8.58. The number of esters is 1. The van der Waals surface area contributed by atoms with Crippen LogP contribution in [0.5, 0.6) is 0 Å². The van der Waals surface area contributed by atoms with Crippen molar-refractivity contribution in [3.05, 3.63) is 48.2 Å². The van der Waals surface area contributed by atoms with Crippen molar-refractivity contribution in [2.45, 2.75) is 18.4 Å². The van der Waals surface area contributed by atoms with E-state index in [-0.39, 0.29) is 19.0 Å². The predicted octanol–water partition coefficient (Wildman–Crippen LogP) is 2.77. The molecule has 1 fully saturated rings. The zero-order valence-electron chi connectivity index (χ0n) is 16.9. The molecular weight excluding hydrogens is 423 g/mol. The number of aromatic amines is 1. The fourth-order valence-electron chi connectivity index (χ4n) is 3.19. The molecule has 0 aliphatic carbocycles. The highest BCUT2D eigenvalue weighted by Crippen LogP contribution is 2.35. The van der Waals surface area contributed by atoms with Gasteiger partial charge in [-0.05, 0) is 37.3 Å². The summed E-state index contributed by atoms with van der Waals surface area (Å²) in [4.78, 5) is 28.5. The average Bonchev–Trinajstić information content (AvgIpc) is 3.25. The summed E-state index contributed by atoms with van der Waals surface area (Å²) in [5.74, 6) is 3.39. The van der Waals surface area contributed by atoms with Crippen LogP contribution in [0, 0.1) is 11.2 Å². The van der Waals surface area contributed by atoms with Gasteiger partial charge >= 0.3 is 11.1 Å². The molecule has 0 spiro atoms. The van der Waals surface area contributed by atoms with Crippen LogP contribution in [0.1, 0.15) is 19.0 Å². The third-order valence-corrected chi connectivity index (χ3v) is 5.32. The molecule has 31 heavy (non-hydrogen) atoms. The number of hydrogen-bond acceptors (Lipinski definition) is 7. The van der Waals surface area contributed by atoms with Crippen molar-refractivity contribution in [1.82, 2.24) is 19.9 Å². The number of rotatable bonds is 5. The average molecular weight is 443 g/mol. The summed E-state index contributed by atoms with van der Waals surface area (Å²) in [6, 6.07) is 7.73. The fourth-order valence-corrected chi connectivity index (χ4v) is 3.48. The van der Waals surface area contributed by atoms with Crippen LogP contribution >= 0.6 is 0 Å². The van der Waals surface area contributed by atoms with Crippen LogP contribution in [-0.4, -0.2) is 52.1 Å². The van der Waals surface area contributed by atoms with Gasteiger partial charge in [-0.1, -0.05) is 0 Å². The van der Waals surface area contributed by atoms with E-state index in [9.17, 15) is 9.18 Å². The van der Waals surface area contributed by atoms with Crippen molar-refractivity contribution < 1.29 is 23.4 Å². The first-order valence-corrected chi connectivity index (χ1v) is 10.3. The molecule has 4 rings (SSSR count). The highest BCUT2D eigenvalue weighted by molar-refractivity contribution is 7.75. The maximum absolute atomic E-state index is 13.5. The lowest BCUT2D eigenvalue weighted by Crippen LogP contribution is -2.43. The molecule has 1 aliphatic rings. The second-order valence-corrected chi connectivity index (χ2v) is 7.88. The van der Waals surface area contributed by atoms with Gasteiger partial charge < -0.3 is 19.2 Å². The van der Waals surface area contributed by atoms with Gasteiger partial charge in [0.1, 0.15) is 11.2 Å². The maximum Gasteiger partial charge on any atom is 0.421 e. The first kappa shape index (κ1) is 21.2. The van der Waals surface area contributed by atoms with Crippen LogP contribution in [0.4, 0.5) is 4.39 Å². The predicted molar refractivity (Wildman–Crippen MR) is 113 cm³/mol. The number of carbonyl (C=O) groups is 1. The lowest BCUT2D eigenvalue weighted by atomic mass is 9.92. The van der Waals surface area contributed by atoms with Gasteiger partial charge in [0.2, 0.25) is 6.29 Å². The van der Waals surface area contributed by atoms with E-state index in [4.69, 9.17) is 14.2 Å². The van der Waals surface area contributed by atoms with Gasteiger partial charge in [-0.2, -0.15) is 9.97 Å². The first-order valence-electron chi connectivity index (χ1n) is 9.36. The van der Waals surface area contributed by atoms with E-state index < -0.39 is 17.7 Å². The fraction of sp³-hybridized carbons (Fsp3) is 0.286. The normalized spacial score (nSPS) is 20.9. The van der Waals surface area contributed by atoms with E-state index in [0.717, 1.165) is 0 Å². The molecule has 8 nitrogen and oxygen atoms in total. The third-order valence-electron chi connectivity index (χ3n) is 4.87. The Bertz CT molecular complexity index is 1110. The number of halogens is 1. The lowest BCUT2D eigenvalue weighted by Gasteiger charge is -2.34. The van der Waals surface area contributed by atoms with Crippen molar-refractivity contribution in [2.75, 3.05) is 20.3 Å². The van der Waals surface area contributed by atoms with Crippen molar-refractivity contribution in [2.24, 2.45) is 5.41 Å². The highest BCUT2D eigenvalue weighted by Gasteiger charge is 2.41. The summed E-state index contributed by atoms with van der Waals surface area (Å²) >= 11 is 1.17. The van der Waals surface area contributed by atoms with Crippen molar-refractivity contribution >= 4 is 23.2 Å². The van der Waals surface area contributed by atoms with Crippen LogP contribution in [-0.2, 0) is 30.4 Å². The SMILES string of the molecule is C=[S+]c1nccc(-c2[nH]c(C3OCC(C)(C(=O)OC)CO3)nc2-c2ccc(F)cc2)n1. The van der Waals surface area contributed by atoms with Gasteiger partial charge in [0.05, 0.1) is 37.4 Å². The Hall–Kier alpha value is -3.08. The lowest BCUT2D eigenvalue weighted by molar-refractivity contribution is -0.237. The Morgan fingerprint density at radius 2 is 1.97 bits per heavy atom. The summed E-state index contributed by atoms with van der Waals surface area (Å²) in [6.45, 7) is 1.94. The summed E-state index contributed by atoms with van der Waals surface area (Å²) in [7, 11) is 1.33. The number of carbonyl (C=O) groups excluding carboxylic acids is 1. The molecule has 0 amide bonds. The number of nitrogens with zero attached hydrogens (tertiary/aromatic N) is 3. The molecule has 3 aromatic rings. The van der Waals surface area contributed by atoms with Crippen molar-refractivity contribution in [3.8, 4) is 22.6 Å². The molecule has 0 saturated carbocycles. The Labute approximate surface area is 181 Å². The summed E-state index contributed by atoms with van der Waals surface area (Å²) in [5.41, 5.74) is 1.55. The molecule has 1 aromatic carbocycles. The number of H-pyrrole nitrogens is 1. The van der Waals surface area contributed by atoms with Crippen LogP contribution in [0.25, 0.3) is 22.6 Å². The Kier molecular flexibility index (Phi) is 5.86. The minimum atomic E-state index is -0.895.